The van der Waals surface area contributed by atoms with Crippen molar-refractivity contribution in [2.24, 2.45) is 0 Å². The van der Waals surface area contributed by atoms with Crippen molar-refractivity contribution in [1.82, 2.24) is 4.90 Å². The van der Waals surface area contributed by atoms with Crippen molar-refractivity contribution in [2.75, 3.05) is 32.8 Å². The summed E-state index contributed by atoms with van der Waals surface area (Å²) in [6.45, 7) is 6.74. The molecule has 4 heteroatoms. The topological polar surface area (TPSA) is 49.8 Å². The molecular formula is C12H23NO3. The van der Waals surface area contributed by atoms with E-state index < -0.39 is 0 Å². The zero-order valence-electron chi connectivity index (χ0n) is 10.3. The molecule has 0 aromatic heterocycles. The van der Waals surface area contributed by atoms with E-state index in [1.165, 1.54) is 6.08 Å². The van der Waals surface area contributed by atoms with E-state index in [0.717, 1.165) is 19.4 Å². The van der Waals surface area contributed by atoms with E-state index in [1.807, 2.05) is 0 Å². The minimum Gasteiger partial charge on any atom is -0.463 e. The third-order valence-electron chi connectivity index (χ3n) is 2.15. The Balaban J connectivity index is 3.85. The van der Waals surface area contributed by atoms with Gasteiger partial charge in [0.2, 0.25) is 0 Å². The van der Waals surface area contributed by atoms with Gasteiger partial charge in [-0.15, -0.1) is 0 Å². The fourth-order valence-corrected chi connectivity index (χ4v) is 1.31. The number of rotatable bonds is 9. The van der Waals surface area contributed by atoms with Crippen LogP contribution in [0.5, 0.6) is 0 Å². The van der Waals surface area contributed by atoms with Gasteiger partial charge in [0, 0.05) is 19.2 Å². The van der Waals surface area contributed by atoms with Gasteiger partial charge in [-0.1, -0.05) is 19.4 Å². The predicted molar refractivity (Wildman–Crippen MR) is 64.2 cm³/mol. The molecule has 0 amide bonds. The van der Waals surface area contributed by atoms with E-state index in [0.29, 0.717) is 19.7 Å². The van der Waals surface area contributed by atoms with E-state index in [-0.39, 0.29) is 12.6 Å². The zero-order chi connectivity index (χ0) is 12.2. The minimum absolute atomic E-state index is 0.150. The highest BCUT2D eigenvalue weighted by atomic mass is 16.5. The lowest BCUT2D eigenvalue weighted by Crippen LogP contribution is -2.28. The number of carbonyl (C=O) groups is 1. The molecule has 0 bridgehead atoms. The molecule has 16 heavy (non-hydrogen) atoms. The van der Waals surface area contributed by atoms with Gasteiger partial charge in [-0.25, -0.2) is 4.79 Å². The van der Waals surface area contributed by atoms with Crippen LogP contribution in [0.3, 0.4) is 0 Å². The van der Waals surface area contributed by atoms with Crippen LogP contribution < -0.4 is 0 Å². The number of hydrogen-bond donors (Lipinski definition) is 1. The number of hydrogen-bond acceptors (Lipinski definition) is 4. The first-order chi connectivity index (χ1) is 7.74. The second-order valence-corrected chi connectivity index (χ2v) is 3.53. The number of unbranched alkanes of at least 4 members (excludes halogenated alkanes) is 1. The minimum atomic E-state index is -0.304. The molecule has 0 aliphatic rings. The molecule has 0 heterocycles. The van der Waals surface area contributed by atoms with Crippen LogP contribution in [0.15, 0.2) is 12.2 Å². The summed E-state index contributed by atoms with van der Waals surface area (Å²) in [7, 11) is 0. The second-order valence-electron chi connectivity index (χ2n) is 3.53. The highest BCUT2D eigenvalue weighted by Gasteiger charge is 2.01. The van der Waals surface area contributed by atoms with Gasteiger partial charge in [0.15, 0.2) is 0 Å². The average Bonchev–Trinajstić information content (AvgIpc) is 2.26. The third kappa shape index (κ3) is 8.44. The van der Waals surface area contributed by atoms with Crippen molar-refractivity contribution < 1.29 is 14.6 Å². The van der Waals surface area contributed by atoms with Crippen LogP contribution in [0.2, 0.25) is 0 Å². The maximum Gasteiger partial charge on any atom is 0.330 e. The van der Waals surface area contributed by atoms with Crippen LogP contribution >= 0.6 is 0 Å². The molecule has 0 spiro atoms. The van der Waals surface area contributed by atoms with Gasteiger partial charge in [0.25, 0.3) is 0 Å². The van der Waals surface area contributed by atoms with Crippen LogP contribution in [0.4, 0.5) is 0 Å². The molecule has 0 aliphatic carbocycles. The predicted octanol–water partition coefficient (Wildman–Crippen LogP) is 1.20. The van der Waals surface area contributed by atoms with E-state index in [2.05, 4.69) is 11.8 Å². The molecular weight excluding hydrogens is 206 g/mol. The Hall–Kier alpha value is -0.870. The second kappa shape index (κ2) is 10.6. The standard InChI is InChI=1S/C12H23NO3/c1-3-5-8-13(10-11-14)9-6-7-12(15)16-4-2/h6-7,14H,3-5,8-11H2,1-2H3/b7-6+. The van der Waals surface area contributed by atoms with Crippen molar-refractivity contribution in [2.45, 2.75) is 26.7 Å². The molecule has 1 N–H and O–H groups in total. The van der Waals surface area contributed by atoms with Crippen LogP contribution in [-0.2, 0) is 9.53 Å². The lowest BCUT2D eigenvalue weighted by Gasteiger charge is -2.18. The lowest BCUT2D eigenvalue weighted by molar-refractivity contribution is -0.137. The van der Waals surface area contributed by atoms with Crippen LogP contribution in [0, 0.1) is 0 Å². The summed E-state index contributed by atoms with van der Waals surface area (Å²) in [5.41, 5.74) is 0. The number of nitrogens with zero attached hydrogens (tertiary/aromatic N) is 1. The first-order valence-corrected chi connectivity index (χ1v) is 5.91. The van der Waals surface area contributed by atoms with Gasteiger partial charge in [-0.3, -0.25) is 4.90 Å². The Morgan fingerprint density at radius 2 is 2.12 bits per heavy atom. The number of esters is 1. The van der Waals surface area contributed by atoms with Crippen molar-refractivity contribution in [3.63, 3.8) is 0 Å². The summed E-state index contributed by atoms with van der Waals surface area (Å²) in [4.78, 5) is 13.1. The molecule has 0 atom stereocenters. The van der Waals surface area contributed by atoms with Gasteiger partial charge in [0.05, 0.1) is 13.2 Å². The molecule has 0 rings (SSSR count). The van der Waals surface area contributed by atoms with Crippen molar-refractivity contribution in [1.29, 1.82) is 0 Å². The highest BCUT2D eigenvalue weighted by Crippen LogP contribution is 1.95. The summed E-state index contributed by atoms with van der Waals surface area (Å²) in [6.07, 6.45) is 5.46. The Bertz CT molecular complexity index is 204. The number of aliphatic hydroxyl groups excluding tert-OH is 1. The van der Waals surface area contributed by atoms with E-state index in [1.54, 1.807) is 13.0 Å². The molecule has 0 saturated carbocycles. The van der Waals surface area contributed by atoms with Gasteiger partial charge in [-0.2, -0.15) is 0 Å². The maximum atomic E-state index is 11.0. The van der Waals surface area contributed by atoms with Crippen molar-refractivity contribution in [3.8, 4) is 0 Å². The largest absolute Gasteiger partial charge is 0.463 e. The molecule has 94 valence electrons. The fourth-order valence-electron chi connectivity index (χ4n) is 1.31. The van der Waals surface area contributed by atoms with E-state index in [4.69, 9.17) is 9.84 Å². The monoisotopic (exact) mass is 229 g/mol. The molecule has 0 saturated heterocycles. The third-order valence-corrected chi connectivity index (χ3v) is 2.15. The fraction of sp³-hybridized carbons (Fsp3) is 0.750. The van der Waals surface area contributed by atoms with Crippen molar-refractivity contribution >= 4 is 5.97 Å². The average molecular weight is 229 g/mol. The summed E-state index contributed by atoms with van der Waals surface area (Å²) >= 11 is 0. The van der Waals surface area contributed by atoms with Crippen LogP contribution in [0.25, 0.3) is 0 Å². The molecule has 0 aliphatic heterocycles. The van der Waals surface area contributed by atoms with Gasteiger partial charge in [0.1, 0.15) is 0 Å². The Morgan fingerprint density at radius 3 is 2.69 bits per heavy atom. The smallest absolute Gasteiger partial charge is 0.330 e. The van der Waals surface area contributed by atoms with Crippen molar-refractivity contribution in [3.05, 3.63) is 12.2 Å². The number of aliphatic hydroxyl groups is 1. The SMILES string of the molecule is CCCCN(C/C=C/C(=O)OCC)CCO. The normalized spacial score (nSPS) is 11.2. The Morgan fingerprint density at radius 1 is 1.38 bits per heavy atom. The Kier molecular flexibility index (Phi) is 10.1. The quantitative estimate of drug-likeness (QED) is 0.477. The molecule has 0 radical (unpaired) electrons. The van der Waals surface area contributed by atoms with E-state index >= 15 is 0 Å². The lowest BCUT2D eigenvalue weighted by atomic mass is 10.3. The summed E-state index contributed by atoms with van der Waals surface area (Å²) in [6, 6.07) is 0. The zero-order valence-corrected chi connectivity index (χ0v) is 10.3. The summed E-state index contributed by atoms with van der Waals surface area (Å²) < 4.78 is 4.77. The van der Waals surface area contributed by atoms with Gasteiger partial charge in [-0.05, 0) is 19.9 Å². The summed E-state index contributed by atoms with van der Waals surface area (Å²) in [5.74, 6) is -0.304. The summed E-state index contributed by atoms with van der Waals surface area (Å²) in [5, 5.41) is 8.87. The highest BCUT2D eigenvalue weighted by molar-refractivity contribution is 5.81. The number of carbonyl (C=O) groups excluding carboxylic acids is 1. The van der Waals surface area contributed by atoms with Crippen LogP contribution in [0.1, 0.15) is 26.7 Å². The molecule has 0 fully saturated rings. The first kappa shape index (κ1) is 15.1. The Labute approximate surface area is 97.9 Å². The van der Waals surface area contributed by atoms with Gasteiger partial charge < -0.3 is 9.84 Å². The molecule has 4 nitrogen and oxygen atoms in total. The first-order valence-electron chi connectivity index (χ1n) is 5.91. The molecule has 0 aromatic carbocycles. The molecule has 0 unspecified atom stereocenters. The van der Waals surface area contributed by atoms with Crippen LogP contribution in [-0.4, -0.2) is 48.8 Å². The molecule has 0 aromatic rings. The maximum absolute atomic E-state index is 11.0. The van der Waals surface area contributed by atoms with E-state index in [9.17, 15) is 4.79 Å². The number of ether oxygens (including phenoxy) is 1. The van der Waals surface area contributed by atoms with Gasteiger partial charge >= 0.3 is 5.97 Å².